The SMILES string of the molecule is Cc1nn(-c2ccc(NN)nn2)c(C)c1N.Cl.Cl. The number of aromatic nitrogens is 4. The predicted molar refractivity (Wildman–Crippen MR) is 75.3 cm³/mol. The number of rotatable bonds is 2. The maximum atomic E-state index is 5.83. The molecule has 0 atom stereocenters. The number of nitrogens with one attached hydrogen (secondary N) is 1. The van der Waals surface area contributed by atoms with E-state index in [2.05, 4.69) is 20.7 Å². The fourth-order valence-corrected chi connectivity index (χ4v) is 1.39. The number of nitrogens with zero attached hydrogens (tertiary/aromatic N) is 4. The Bertz CT molecular complexity index is 508. The summed E-state index contributed by atoms with van der Waals surface area (Å²) in [5.41, 5.74) is 10.5. The van der Waals surface area contributed by atoms with E-state index in [1.165, 1.54) is 0 Å². The summed E-state index contributed by atoms with van der Waals surface area (Å²) in [5, 5.41) is 12.1. The Morgan fingerprint density at radius 2 is 1.83 bits per heavy atom. The molecule has 5 N–H and O–H groups in total. The number of hydrogen-bond donors (Lipinski definition) is 3. The monoisotopic (exact) mass is 291 g/mol. The molecule has 0 spiro atoms. The van der Waals surface area contributed by atoms with E-state index in [9.17, 15) is 0 Å². The Kier molecular flexibility index (Phi) is 5.83. The fraction of sp³-hybridized carbons (Fsp3) is 0.222. The Labute approximate surface area is 117 Å². The molecular formula is C9H15Cl2N7. The van der Waals surface area contributed by atoms with Crippen molar-refractivity contribution < 1.29 is 0 Å². The number of hydrazine groups is 1. The highest BCUT2D eigenvalue weighted by Gasteiger charge is 2.10. The van der Waals surface area contributed by atoms with Crippen molar-refractivity contribution in [2.24, 2.45) is 5.84 Å². The smallest absolute Gasteiger partial charge is 0.176 e. The third-order valence-corrected chi connectivity index (χ3v) is 2.36. The number of nitrogen functional groups attached to an aromatic ring is 2. The van der Waals surface area contributed by atoms with Crippen LogP contribution >= 0.6 is 24.8 Å². The molecule has 2 aromatic rings. The fourth-order valence-electron chi connectivity index (χ4n) is 1.39. The Hall–Kier alpha value is -1.57. The molecule has 0 saturated heterocycles. The molecule has 2 aromatic heterocycles. The van der Waals surface area contributed by atoms with Gasteiger partial charge in [-0.1, -0.05) is 0 Å². The second-order valence-corrected chi connectivity index (χ2v) is 3.42. The summed E-state index contributed by atoms with van der Waals surface area (Å²) in [5.74, 6) is 6.31. The van der Waals surface area contributed by atoms with E-state index >= 15 is 0 Å². The van der Waals surface area contributed by atoms with Crippen LogP contribution in [-0.4, -0.2) is 20.0 Å². The summed E-state index contributed by atoms with van der Waals surface area (Å²) in [6, 6.07) is 3.48. The van der Waals surface area contributed by atoms with Gasteiger partial charge in [0.2, 0.25) is 0 Å². The minimum Gasteiger partial charge on any atom is -0.396 e. The lowest BCUT2D eigenvalue weighted by molar-refractivity contribution is 0.782. The zero-order valence-corrected chi connectivity index (χ0v) is 11.5. The maximum absolute atomic E-state index is 5.83. The average molecular weight is 292 g/mol. The van der Waals surface area contributed by atoms with E-state index in [0.29, 0.717) is 17.3 Å². The molecule has 0 bridgehead atoms. The number of hydrogen-bond acceptors (Lipinski definition) is 6. The van der Waals surface area contributed by atoms with Gasteiger partial charge in [-0.2, -0.15) is 5.10 Å². The van der Waals surface area contributed by atoms with Crippen molar-refractivity contribution in [1.29, 1.82) is 0 Å². The van der Waals surface area contributed by atoms with Crippen LogP contribution in [0, 0.1) is 13.8 Å². The van der Waals surface area contributed by atoms with Gasteiger partial charge in [-0.05, 0) is 26.0 Å². The largest absolute Gasteiger partial charge is 0.396 e. The van der Waals surface area contributed by atoms with E-state index in [0.717, 1.165) is 11.4 Å². The van der Waals surface area contributed by atoms with Crippen molar-refractivity contribution >= 4 is 36.3 Å². The molecule has 18 heavy (non-hydrogen) atoms. The molecule has 0 aliphatic carbocycles. The zero-order valence-electron chi connectivity index (χ0n) is 9.91. The minimum atomic E-state index is 0. The number of nitrogens with two attached hydrogens (primary N) is 2. The quantitative estimate of drug-likeness (QED) is 0.563. The van der Waals surface area contributed by atoms with E-state index in [1.54, 1.807) is 16.8 Å². The third kappa shape index (κ3) is 2.81. The van der Waals surface area contributed by atoms with Gasteiger partial charge in [0.15, 0.2) is 11.6 Å². The third-order valence-electron chi connectivity index (χ3n) is 2.36. The minimum absolute atomic E-state index is 0. The van der Waals surface area contributed by atoms with Gasteiger partial charge in [-0.3, -0.25) is 0 Å². The standard InChI is InChI=1S/C9H13N7.2ClH/c1-5-9(10)6(2)16(15-5)8-4-3-7(12-11)13-14-8;;/h3-4H,10-11H2,1-2H3,(H,12,13);2*1H. The first-order chi connectivity index (χ1) is 7.63. The molecule has 9 heteroatoms. The van der Waals surface area contributed by atoms with Crippen LogP contribution in [0.5, 0.6) is 0 Å². The van der Waals surface area contributed by atoms with Crippen LogP contribution in [-0.2, 0) is 0 Å². The van der Waals surface area contributed by atoms with Crippen LogP contribution in [0.15, 0.2) is 12.1 Å². The van der Waals surface area contributed by atoms with Gasteiger partial charge in [-0.25, -0.2) is 10.5 Å². The molecule has 0 aromatic carbocycles. The van der Waals surface area contributed by atoms with Crippen LogP contribution in [0.2, 0.25) is 0 Å². The van der Waals surface area contributed by atoms with Gasteiger partial charge in [0, 0.05) is 0 Å². The van der Waals surface area contributed by atoms with Crippen LogP contribution < -0.4 is 17.0 Å². The number of halogens is 2. The van der Waals surface area contributed by atoms with Crippen LogP contribution in [0.4, 0.5) is 11.5 Å². The highest BCUT2D eigenvalue weighted by molar-refractivity contribution is 5.85. The highest BCUT2D eigenvalue weighted by atomic mass is 35.5. The van der Waals surface area contributed by atoms with Crippen molar-refractivity contribution in [3.8, 4) is 5.82 Å². The molecular weight excluding hydrogens is 277 g/mol. The van der Waals surface area contributed by atoms with E-state index in [-0.39, 0.29) is 24.8 Å². The second-order valence-electron chi connectivity index (χ2n) is 3.42. The summed E-state index contributed by atoms with van der Waals surface area (Å²) in [6.45, 7) is 3.73. The zero-order chi connectivity index (χ0) is 11.7. The molecule has 0 amide bonds. The van der Waals surface area contributed by atoms with Crippen LogP contribution in [0.1, 0.15) is 11.4 Å². The van der Waals surface area contributed by atoms with Gasteiger partial charge >= 0.3 is 0 Å². The molecule has 0 fully saturated rings. The summed E-state index contributed by atoms with van der Waals surface area (Å²) in [6.07, 6.45) is 0. The van der Waals surface area contributed by atoms with Crippen molar-refractivity contribution in [3.63, 3.8) is 0 Å². The second kappa shape index (κ2) is 6.39. The number of anilines is 2. The molecule has 100 valence electrons. The van der Waals surface area contributed by atoms with Gasteiger partial charge in [0.1, 0.15) is 0 Å². The van der Waals surface area contributed by atoms with Crippen molar-refractivity contribution in [3.05, 3.63) is 23.5 Å². The summed E-state index contributed by atoms with van der Waals surface area (Å²) in [4.78, 5) is 0. The first-order valence-electron chi connectivity index (χ1n) is 4.76. The van der Waals surface area contributed by atoms with E-state index in [4.69, 9.17) is 11.6 Å². The van der Waals surface area contributed by atoms with E-state index in [1.807, 2.05) is 13.8 Å². The molecule has 0 aliphatic heterocycles. The topological polar surface area (TPSA) is 108 Å². The van der Waals surface area contributed by atoms with Crippen LogP contribution in [0.25, 0.3) is 5.82 Å². The van der Waals surface area contributed by atoms with E-state index < -0.39 is 0 Å². The lowest BCUT2D eigenvalue weighted by atomic mass is 10.3. The van der Waals surface area contributed by atoms with Gasteiger partial charge in [-0.15, -0.1) is 35.0 Å². The first kappa shape index (κ1) is 16.4. The van der Waals surface area contributed by atoms with Gasteiger partial charge < -0.3 is 11.2 Å². The Balaban J connectivity index is 0.00000144. The Morgan fingerprint density at radius 1 is 1.17 bits per heavy atom. The molecule has 0 saturated carbocycles. The molecule has 2 rings (SSSR count). The predicted octanol–water partition coefficient (Wildman–Crippen LogP) is 0.991. The molecule has 7 nitrogen and oxygen atoms in total. The van der Waals surface area contributed by atoms with Crippen molar-refractivity contribution in [1.82, 2.24) is 20.0 Å². The number of aryl methyl sites for hydroxylation is 1. The lowest BCUT2D eigenvalue weighted by Gasteiger charge is -2.03. The highest BCUT2D eigenvalue weighted by Crippen LogP contribution is 2.18. The van der Waals surface area contributed by atoms with Gasteiger partial charge in [0.05, 0.1) is 17.1 Å². The maximum Gasteiger partial charge on any atom is 0.176 e. The van der Waals surface area contributed by atoms with Gasteiger partial charge in [0.25, 0.3) is 0 Å². The molecule has 2 heterocycles. The summed E-state index contributed by atoms with van der Waals surface area (Å²) < 4.78 is 1.65. The normalized spacial score (nSPS) is 9.28. The first-order valence-corrected chi connectivity index (χ1v) is 4.76. The summed E-state index contributed by atoms with van der Waals surface area (Å²) in [7, 11) is 0. The van der Waals surface area contributed by atoms with Crippen LogP contribution in [0.3, 0.4) is 0 Å². The average Bonchev–Trinajstić information content (AvgIpc) is 2.57. The molecule has 0 radical (unpaired) electrons. The van der Waals surface area contributed by atoms with Crippen molar-refractivity contribution in [2.75, 3.05) is 11.2 Å². The molecule has 0 aliphatic rings. The molecule has 0 unspecified atom stereocenters. The summed E-state index contributed by atoms with van der Waals surface area (Å²) >= 11 is 0. The Morgan fingerprint density at radius 3 is 2.22 bits per heavy atom. The lowest BCUT2D eigenvalue weighted by Crippen LogP contribution is -2.10. The van der Waals surface area contributed by atoms with Crippen molar-refractivity contribution in [2.45, 2.75) is 13.8 Å².